The molecule has 2 amide bonds. The number of amides is 2. The van der Waals surface area contributed by atoms with Crippen LogP contribution in [0.1, 0.15) is 29.6 Å². The van der Waals surface area contributed by atoms with Crippen LogP contribution < -0.4 is 4.90 Å². The van der Waals surface area contributed by atoms with Crippen LogP contribution in [0.25, 0.3) is 0 Å². The summed E-state index contributed by atoms with van der Waals surface area (Å²) in [5.41, 5.74) is 1.11. The van der Waals surface area contributed by atoms with Gasteiger partial charge in [0.1, 0.15) is 0 Å². The Morgan fingerprint density at radius 2 is 1.87 bits per heavy atom. The van der Waals surface area contributed by atoms with Crippen molar-refractivity contribution in [3.05, 3.63) is 29.8 Å². The number of ether oxygens (including phenoxy) is 1. The van der Waals surface area contributed by atoms with Crippen LogP contribution >= 0.6 is 0 Å². The topological polar surface area (TPSA) is 66.9 Å². The van der Waals surface area contributed by atoms with Gasteiger partial charge in [0.05, 0.1) is 24.3 Å². The predicted molar refractivity (Wildman–Crippen MR) is 84.1 cm³/mol. The number of methoxy groups -OCH3 is 1. The third-order valence-electron chi connectivity index (χ3n) is 4.48. The zero-order valence-electron chi connectivity index (χ0n) is 13.2. The highest BCUT2D eigenvalue weighted by atomic mass is 16.5. The molecule has 1 unspecified atom stereocenters. The molecule has 1 atom stereocenters. The molecule has 2 heterocycles. The minimum atomic E-state index is -0.470. The van der Waals surface area contributed by atoms with Gasteiger partial charge in [-0.05, 0) is 25.0 Å². The normalized spacial score (nSPS) is 20.9. The van der Waals surface area contributed by atoms with Gasteiger partial charge < -0.3 is 14.5 Å². The lowest BCUT2D eigenvalue weighted by Crippen LogP contribution is -2.32. The Morgan fingerprint density at radius 3 is 2.57 bits per heavy atom. The van der Waals surface area contributed by atoms with Crippen LogP contribution in [-0.4, -0.2) is 49.4 Å². The Kier molecular flexibility index (Phi) is 4.32. The van der Waals surface area contributed by atoms with E-state index in [4.69, 9.17) is 4.74 Å². The number of hydrogen-bond acceptors (Lipinski definition) is 4. The Labute approximate surface area is 135 Å². The number of carbonyl (C=O) groups is 3. The van der Waals surface area contributed by atoms with Gasteiger partial charge in [0, 0.05) is 26.1 Å². The molecule has 2 fully saturated rings. The first-order valence-electron chi connectivity index (χ1n) is 7.88. The van der Waals surface area contributed by atoms with Crippen molar-refractivity contribution < 1.29 is 19.1 Å². The van der Waals surface area contributed by atoms with E-state index in [-0.39, 0.29) is 30.7 Å². The number of para-hydroxylation sites is 1. The van der Waals surface area contributed by atoms with Crippen molar-refractivity contribution in [3.8, 4) is 0 Å². The van der Waals surface area contributed by atoms with E-state index < -0.39 is 5.92 Å². The van der Waals surface area contributed by atoms with Crippen molar-refractivity contribution in [2.45, 2.75) is 19.3 Å². The molecule has 0 aliphatic carbocycles. The van der Waals surface area contributed by atoms with Gasteiger partial charge in [-0.3, -0.25) is 14.4 Å². The lowest BCUT2D eigenvalue weighted by atomic mass is 10.1. The van der Waals surface area contributed by atoms with Crippen LogP contribution in [0.15, 0.2) is 24.3 Å². The number of esters is 1. The highest BCUT2D eigenvalue weighted by Crippen LogP contribution is 2.30. The first-order valence-corrected chi connectivity index (χ1v) is 7.88. The molecule has 23 heavy (non-hydrogen) atoms. The zero-order chi connectivity index (χ0) is 16.4. The molecule has 0 bridgehead atoms. The molecule has 1 aromatic rings. The van der Waals surface area contributed by atoms with Crippen LogP contribution in [0.3, 0.4) is 0 Å². The maximum atomic E-state index is 12.7. The number of nitrogens with zero attached hydrogens (tertiary/aromatic N) is 2. The van der Waals surface area contributed by atoms with Gasteiger partial charge in [0.25, 0.3) is 5.91 Å². The minimum absolute atomic E-state index is 0.0487. The number of rotatable bonds is 3. The fourth-order valence-corrected chi connectivity index (χ4v) is 3.25. The Balaban J connectivity index is 1.87. The van der Waals surface area contributed by atoms with Crippen LogP contribution in [0, 0.1) is 5.92 Å². The summed E-state index contributed by atoms with van der Waals surface area (Å²) in [7, 11) is 1.32. The SMILES string of the molecule is COC(=O)C1CC(=O)N(c2ccccc2C(=O)N2CCCC2)C1. The second-order valence-electron chi connectivity index (χ2n) is 5.95. The van der Waals surface area contributed by atoms with Crippen molar-refractivity contribution in [1.82, 2.24) is 4.90 Å². The summed E-state index contributed by atoms with van der Waals surface area (Å²) in [6.07, 6.45) is 2.15. The quantitative estimate of drug-likeness (QED) is 0.792. The molecule has 0 radical (unpaired) electrons. The molecule has 0 aromatic heterocycles. The third-order valence-corrected chi connectivity index (χ3v) is 4.48. The molecule has 0 N–H and O–H groups in total. The summed E-state index contributed by atoms with van der Waals surface area (Å²) in [4.78, 5) is 40.0. The number of carbonyl (C=O) groups excluding carboxylic acids is 3. The van der Waals surface area contributed by atoms with E-state index in [2.05, 4.69) is 0 Å². The first kappa shape index (κ1) is 15.5. The molecule has 6 heteroatoms. The van der Waals surface area contributed by atoms with Gasteiger partial charge in [-0.2, -0.15) is 0 Å². The number of likely N-dealkylation sites (tertiary alicyclic amines) is 1. The van der Waals surface area contributed by atoms with E-state index in [1.807, 2.05) is 4.90 Å². The second kappa shape index (κ2) is 6.40. The van der Waals surface area contributed by atoms with E-state index in [9.17, 15) is 14.4 Å². The van der Waals surface area contributed by atoms with Crippen molar-refractivity contribution >= 4 is 23.5 Å². The van der Waals surface area contributed by atoms with Crippen LogP contribution in [-0.2, 0) is 14.3 Å². The molecule has 2 aliphatic heterocycles. The summed E-state index contributed by atoms with van der Waals surface area (Å²) in [5.74, 6) is -1.05. The Hall–Kier alpha value is -2.37. The first-order chi connectivity index (χ1) is 11.1. The van der Waals surface area contributed by atoms with Crippen molar-refractivity contribution in [1.29, 1.82) is 0 Å². The Morgan fingerprint density at radius 1 is 1.17 bits per heavy atom. The molecule has 2 saturated heterocycles. The van der Waals surface area contributed by atoms with E-state index in [0.717, 1.165) is 25.9 Å². The maximum Gasteiger partial charge on any atom is 0.311 e. The average molecular weight is 316 g/mol. The second-order valence-corrected chi connectivity index (χ2v) is 5.95. The molecule has 3 rings (SSSR count). The molecule has 122 valence electrons. The fourth-order valence-electron chi connectivity index (χ4n) is 3.25. The fraction of sp³-hybridized carbons (Fsp3) is 0.471. The smallest absolute Gasteiger partial charge is 0.311 e. The van der Waals surface area contributed by atoms with Gasteiger partial charge in [0.15, 0.2) is 0 Å². The molecule has 0 saturated carbocycles. The molecular formula is C17H20N2O4. The van der Waals surface area contributed by atoms with Gasteiger partial charge in [-0.15, -0.1) is 0 Å². The third kappa shape index (κ3) is 2.93. The Bertz CT molecular complexity index is 637. The average Bonchev–Trinajstić information content (AvgIpc) is 3.23. The predicted octanol–water partition coefficient (Wildman–Crippen LogP) is 1.45. The largest absolute Gasteiger partial charge is 0.469 e. The lowest BCUT2D eigenvalue weighted by molar-refractivity contribution is -0.145. The van der Waals surface area contributed by atoms with Gasteiger partial charge in [-0.1, -0.05) is 12.1 Å². The minimum Gasteiger partial charge on any atom is -0.469 e. The van der Waals surface area contributed by atoms with Crippen LogP contribution in [0.2, 0.25) is 0 Å². The molecular weight excluding hydrogens is 296 g/mol. The summed E-state index contributed by atoms with van der Waals surface area (Å²) in [6.45, 7) is 1.77. The molecule has 6 nitrogen and oxygen atoms in total. The van der Waals surface area contributed by atoms with Crippen LogP contribution in [0.4, 0.5) is 5.69 Å². The number of benzene rings is 1. The van der Waals surface area contributed by atoms with Gasteiger partial charge in [0.2, 0.25) is 5.91 Å². The van der Waals surface area contributed by atoms with Gasteiger partial charge >= 0.3 is 5.97 Å². The van der Waals surface area contributed by atoms with Gasteiger partial charge in [-0.25, -0.2) is 0 Å². The highest BCUT2D eigenvalue weighted by molar-refractivity contribution is 6.06. The lowest BCUT2D eigenvalue weighted by Gasteiger charge is -2.22. The monoisotopic (exact) mass is 316 g/mol. The molecule has 2 aliphatic rings. The summed E-state index contributed by atoms with van der Waals surface area (Å²) >= 11 is 0. The van der Waals surface area contributed by atoms with Crippen molar-refractivity contribution in [3.63, 3.8) is 0 Å². The van der Waals surface area contributed by atoms with Crippen molar-refractivity contribution in [2.75, 3.05) is 31.6 Å². The summed E-state index contributed by atoms with van der Waals surface area (Å²) < 4.78 is 4.73. The van der Waals surface area contributed by atoms with Crippen LogP contribution in [0.5, 0.6) is 0 Å². The zero-order valence-corrected chi connectivity index (χ0v) is 13.2. The standard InChI is InChI=1S/C17H20N2O4/c1-23-17(22)12-10-15(20)19(11-12)14-7-3-2-6-13(14)16(21)18-8-4-5-9-18/h2-3,6-7,12H,4-5,8-11H2,1H3. The number of anilines is 1. The van der Waals surface area contributed by atoms with E-state index in [1.54, 1.807) is 24.3 Å². The van der Waals surface area contributed by atoms with E-state index >= 15 is 0 Å². The number of hydrogen-bond donors (Lipinski definition) is 0. The highest BCUT2D eigenvalue weighted by Gasteiger charge is 2.37. The van der Waals surface area contributed by atoms with E-state index in [0.29, 0.717) is 11.3 Å². The molecule has 1 aromatic carbocycles. The summed E-state index contributed by atoms with van der Waals surface area (Å²) in [6, 6.07) is 7.11. The maximum absolute atomic E-state index is 12.7. The van der Waals surface area contributed by atoms with E-state index in [1.165, 1.54) is 12.0 Å². The van der Waals surface area contributed by atoms with Crippen molar-refractivity contribution in [2.24, 2.45) is 5.92 Å². The summed E-state index contributed by atoms with van der Waals surface area (Å²) in [5, 5.41) is 0. The molecule has 0 spiro atoms.